The van der Waals surface area contributed by atoms with Gasteiger partial charge in [0.05, 0.1) is 12.7 Å². The Hall–Kier alpha value is -1.80. The molecule has 1 aromatic rings. The Kier molecular flexibility index (Phi) is 6.44. The zero-order valence-corrected chi connectivity index (χ0v) is 15.5. The van der Waals surface area contributed by atoms with Gasteiger partial charge in [-0.2, -0.15) is 0 Å². The lowest BCUT2D eigenvalue weighted by molar-refractivity contribution is 0.116. The quantitative estimate of drug-likeness (QED) is 0.678. The van der Waals surface area contributed by atoms with Crippen LogP contribution in [-0.2, 0) is 4.74 Å². The van der Waals surface area contributed by atoms with Gasteiger partial charge in [-0.1, -0.05) is 37.6 Å². The van der Waals surface area contributed by atoms with Crippen LogP contribution >= 0.6 is 0 Å². The molecule has 0 amide bonds. The van der Waals surface area contributed by atoms with Gasteiger partial charge < -0.3 is 9.84 Å². The van der Waals surface area contributed by atoms with E-state index >= 15 is 0 Å². The fourth-order valence-corrected chi connectivity index (χ4v) is 3.32. The van der Waals surface area contributed by atoms with Gasteiger partial charge in [-0.15, -0.1) is 0 Å². The summed E-state index contributed by atoms with van der Waals surface area (Å²) < 4.78 is 5.87. The summed E-state index contributed by atoms with van der Waals surface area (Å²) in [5.74, 6) is 0.397. The summed E-state index contributed by atoms with van der Waals surface area (Å²) in [6, 6.07) is 4.07. The molecule has 0 spiro atoms. The SMILES string of the molecule is C=C(CCC)C1=CCOC1CC/C(C)=C/c1cc(C)c(O)c(C)c1. The fraction of sp³-hybridized carbons (Fsp3) is 0.455. The Labute approximate surface area is 146 Å². The van der Waals surface area contributed by atoms with E-state index in [4.69, 9.17) is 4.74 Å². The van der Waals surface area contributed by atoms with E-state index in [1.165, 1.54) is 16.7 Å². The summed E-state index contributed by atoms with van der Waals surface area (Å²) in [5.41, 5.74) is 6.87. The summed E-state index contributed by atoms with van der Waals surface area (Å²) in [6.07, 6.45) is 8.75. The van der Waals surface area contributed by atoms with Gasteiger partial charge in [0, 0.05) is 0 Å². The Morgan fingerprint density at radius 3 is 2.58 bits per heavy atom. The number of ether oxygens (including phenoxy) is 1. The highest BCUT2D eigenvalue weighted by molar-refractivity contribution is 5.57. The normalized spacial score (nSPS) is 17.9. The third-order valence-corrected chi connectivity index (χ3v) is 4.63. The number of hydrogen-bond acceptors (Lipinski definition) is 2. The lowest BCUT2D eigenvalue weighted by Gasteiger charge is -2.16. The van der Waals surface area contributed by atoms with Gasteiger partial charge in [-0.3, -0.25) is 0 Å². The molecule has 0 aliphatic carbocycles. The number of hydrogen-bond donors (Lipinski definition) is 1. The number of phenols is 1. The van der Waals surface area contributed by atoms with Crippen molar-refractivity contribution in [1.29, 1.82) is 0 Å². The molecule has 0 aromatic heterocycles. The minimum Gasteiger partial charge on any atom is -0.507 e. The summed E-state index contributed by atoms with van der Waals surface area (Å²) in [4.78, 5) is 0. The van der Waals surface area contributed by atoms with Crippen LogP contribution in [0.25, 0.3) is 6.08 Å². The van der Waals surface area contributed by atoms with Crippen molar-refractivity contribution in [2.75, 3.05) is 6.61 Å². The third-order valence-electron chi connectivity index (χ3n) is 4.63. The van der Waals surface area contributed by atoms with Crippen molar-refractivity contribution in [2.45, 2.75) is 59.5 Å². The summed E-state index contributed by atoms with van der Waals surface area (Å²) in [6.45, 7) is 13.2. The van der Waals surface area contributed by atoms with Crippen LogP contribution in [0, 0.1) is 13.8 Å². The van der Waals surface area contributed by atoms with Crippen molar-refractivity contribution >= 4 is 6.08 Å². The monoisotopic (exact) mass is 326 g/mol. The molecule has 2 rings (SSSR count). The molecule has 1 aliphatic rings. The molecule has 130 valence electrons. The molecule has 2 heteroatoms. The number of aromatic hydroxyl groups is 1. The first-order valence-corrected chi connectivity index (χ1v) is 8.89. The maximum atomic E-state index is 9.88. The van der Waals surface area contributed by atoms with E-state index in [2.05, 4.69) is 32.6 Å². The van der Waals surface area contributed by atoms with Crippen LogP contribution in [0.1, 0.15) is 56.2 Å². The maximum absolute atomic E-state index is 9.88. The van der Waals surface area contributed by atoms with Gasteiger partial charge in [0.25, 0.3) is 0 Å². The standard InChI is InChI=1S/C22H30O2/c1-6-7-16(3)20-10-11-24-21(20)9-8-15(2)12-19-13-17(4)22(23)18(5)14-19/h10,12-14,21,23H,3,6-9,11H2,1-2,4-5H3/b15-12+. The number of benzene rings is 1. The molecule has 1 heterocycles. The van der Waals surface area contributed by atoms with Crippen LogP contribution < -0.4 is 0 Å². The van der Waals surface area contributed by atoms with Crippen molar-refractivity contribution in [3.05, 3.63) is 58.2 Å². The zero-order valence-electron chi connectivity index (χ0n) is 15.5. The highest BCUT2D eigenvalue weighted by atomic mass is 16.5. The van der Waals surface area contributed by atoms with Crippen molar-refractivity contribution in [2.24, 2.45) is 0 Å². The molecule has 0 radical (unpaired) electrons. The van der Waals surface area contributed by atoms with E-state index in [0.717, 1.165) is 42.4 Å². The smallest absolute Gasteiger partial charge is 0.121 e. The number of rotatable bonds is 7. The zero-order chi connectivity index (χ0) is 17.7. The van der Waals surface area contributed by atoms with Crippen molar-refractivity contribution < 1.29 is 9.84 Å². The minimum atomic E-state index is 0.190. The molecular formula is C22H30O2. The van der Waals surface area contributed by atoms with Gasteiger partial charge in [0.15, 0.2) is 0 Å². The first-order chi connectivity index (χ1) is 11.4. The molecule has 2 nitrogen and oxygen atoms in total. The lowest BCUT2D eigenvalue weighted by Crippen LogP contribution is -2.11. The molecule has 0 saturated heterocycles. The second-order valence-corrected chi connectivity index (χ2v) is 6.87. The number of aryl methyl sites for hydroxylation is 2. The Balaban J connectivity index is 1.99. The molecule has 0 saturated carbocycles. The fourth-order valence-electron chi connectivity index (χ4n) is 3.32. The Bertz CT molecular complexity index is 642. The van der Waals surface area contributed by atoms with Crippen LogP contribution in [-0.4, -0.2) is 17.8 Å². The van der Waals surface area contributed by atoms with Gasteiger partial charge >= 0.3 is 0 Å². The molecule has 0 bridgehead atoms. The van der Waals surface area contributed by atoms with Gasteiger partial charge in [-0.25, -0.2) is 0 Å². The Morgan fingerprint density at radius 2 is 1.96 bits per heavy atom. The molecule has 1 unspecified atom stereocenters. The summed E-state index contributed by atoms with van der Waals surface area (Å²) >= 11 is 0. The van der Waals surface area contributed by atoms with E-state index < -0.39 is 0 Å². The average Bonchev–Trinajstić information content (AvgIpc) is 2.99. The molecule has 24 heavy (non-hydrogen) atoms. The predicted molar refractivity (Wildman–Crippen MR) is 102 cm³/mol. The number of phenolic OH excluding ortho intramolecular Hbond substituents is 1. The van der Waals surface area contributed by atoms with E-state index in [-0.39, 0.29) is 6.10 Å². The van der Waals surface area contributed by atoms with Gasteiger partial charge in [0.1, 0.15) is 5.75 Å². The maximum Gasteiger partial charge on any atom is 0.121 e. The topological polar surface area (TPSA) is 29.5 Å². The summed E-state index contributed by atoms with van der Waals surface area (Å²) in [7, 11) is 0. The van der Waals surface area contributed by atoms with E-state index in [1.54, 1.807) is 0 Å². The van der Waals surface area contributed by atoms with Gasteiger partial charge in [-0.05, 0) is 80.0 Å². The van der Waals surface area contributed by atoms with Crippen LogP contribution in [0.4, 0.5) is 0 Å². The van der Waals surface area contributed by atoms with Crippen molar-refractivity contribution in [3.63, 3.8) is 0 Å². The van der Waals surface area contributed by atoms with E-state index in [1.807, 2.05) is 26.0 Å². The van der Waals surface area contributed by atoms with Crippen LogP contribution in [0.15, 0.2) is 41.5 Å². The first-order valence-electron chi connectivity index (χ1n) is 8.89. The first kappa shape index (κ1) is 18.5. The highest BCUT2D eigenvalue weighted by Gasteiger charge is 2.21. The molecule has 1 N–H and O–H groups in total. The summed E-state index contributed by atoms with van der Waals surface area (Å²) in [5, 5.41) is 9.88. The van der Waals surface area contributed by atoms with Crippen molar-refractivity contribution in [3.8, 4) is 5.75 Å². The molecule has 1 atom stereocenters. The largest absolute Gasteiger partial charge is 0.507 e. The van der Waals surface area contributed by atoms with E-state index in [9.17, 15) is 5.11 Å². The van der Waals surface area contributed by atoms with Crippen LogP contribution in [0.3, 0.4) is 0 Å². The Morgan fingerprint density at radius 1 is 1.29 bits per heavy atom. The molecule has 1 aromatic carbocycles. The van der Waals surface area contributed by atoms with Crippen molar-refractivity contribution in [1.82, 2.24) is 0 Å². The molecular weight excluding hydrogens is 296 g/mol. The van der Waals surface area contributed by atoms with Crippen LogP contribution in [0.5, 0.6) is 5.75 Å². The lowest BCUT2D eigenvalue weighted by atomic mass is 9.94. The second-order valence-electron chi connectivity index (χ2n) is 6.87. The number of allylic oxidation sites excluding steroid dienone is 1. The third kappa shape index (κ3) is 4.61. The van der Waals surface area contributed by atoms with Crippen LogP contribution in [0.2, 0.25) is 0 Å². The molecule has 0 fully saturated rings. The average molecular weight is 326 g/mol. The predicted octanol–water partition coefficient (Wildman–Crippen LogP) is 5.87. The second kappa shape index (κ2) is 8.34. The minimum absolute atomic E-state index is 0.190. The molecule has 1 aliphatic heterocycles. The van der Waals surface area contributed by atoms with E-state index in [0.29, 0.717) is 12.4 Å². The highest BCUT2D eigenvalue weighted by Crippen LogP contribution is 2.29. The van der Waals surface area contributed by atoms with Gasteiger partial charge in [0.2, 0.25) is 0 Å².